The van der Waals surface area contributed by atoms with E-state index in [1.54, 1.807) is 32.6 Å². The zero-order valence-corrected chi connectivity index (χ0v) is 29.1. The van der Waals surface area contributed by atoms with Gasteiger partial charge in [0.15, 0.2) is 0 Å². The van der Waals surface area contributed by atoms with Crippen molar-refractivity contribution in [2.45, 2.75) is 38.1 Å². The average Bonchev–Trinajstić information content (AvgIpc) is 3.73. The van der Waals surface area contributed by atoms with Crippen molar-refractivity contribution < 1.29 is 26.6 Å². The molecule has 0 unspecified atom stereocenters. The molecule has 4 heterocycles. The van der Waals surface area contributed by atoms with Crippen molar-refractivity contribution in [1.82, 2.24) is 24.6 Å². The predicted octanol–water partition coefficient (Wildman–Crippen LogP) is 7.27. The van der Waals surface area contributed by atoms with E-state index in [1.165, 1.54) is 16.2 Å². The molecule has 3 aromatic heterocycles. The summed E-state index contributed by atoms with van der Waals surface area (Å²) >= 11 is 14.2. The number of ether oxygens (including phenoxy) is 1. The number of pyridine rings is 2. The van der Waals surface area contributed by atoms with E-state index in [2.05, 4.69) is 26.4 Å². The number of anilines is 2. The quantitative estimate of drug-likeness (QED) is 0.125. The van der Waals surface area contributed by atoms with Crippen LogP contribution in [0, 0.1) is 5.92 Å². The number of methoxy groups -OCH3 is 1. The molecule has 12 heteroatoms. The second kappa shape index (κ2) is 14.4. The molecule has 9 nitrogen and oxygen atoms in total. The third kappa shape index (κ3) is 6.24. The minimum atomic E-state index is -0.262. The van der Waals surface area contributed by atoms with Gasteiger partial charge >= 0.3 is 17.1 Å². The number of hydrogen-bond acceptors (Lipinski definition) is 8. The summed E-state index contributed by atoms with van der Waals surface area (Å²) in [6.07, 6.45) is 9.46. The van der Waals surface area contributed by atoms with Gasteiger partial charge in [0.2, 0.25) is 5.88 Å². The second-order valence-corrected chi connectivity index (χ2v) is 12.7. The molecule has 0 spiro atoms. The van der Waals surface area contributed by atoms with Crippen molar-refractivity contribution in [3.05, 3.63) is 98.4 Å². The van der Waals surface area contributed by atoms with Crippen LogP contribution in [0.25, 0.3) is 33.2 Å². The largest absolute Gasteiger partial charge is 2.00 e. The number of nitrogens with zero attached hydrogens (tertiary/aromatic N) is 5. The smallest absolute Gasteiger partial charge is 0.542 e. The first kappa shape index (κ1) is 34.1. The third-order valence-corrected chi connectivity index (χ3v) is 10.0. The van der Waals surface area contributed by atoms with Crippen molar-refractivity contribution in [3.8, 4) is 28.3 Å². The molecule has 1 aliphatic carbocycles. The molecule has 48 heavy (non-hydrogen) atoms. The number of benzene rings is 2. The molecule has 1 N–H and O–H groups in total. The Labute approximate surface area is 299 Å². The first-order valence-electron chi connectivity index (χ1n) is 15.5. The van der Waals surface area contributed by atoms with Crippen LogP contribution in [-0.4, -0.2) is 51.1 Å². The summed E-state index contributed by atoms with van der Waals surface area (Å²) in [7, 11) is 3.27. The standard InChI is InChI=1S/C36H32Cl2N6O3.Mn/c1-43-36(46)31-23(19-40-43)13-15-39-34(31)41-27-10-4-8-25(33(27)38)24-7-3-9-26(32(24)37)28-18-22-11-12-29(30(22)35(42-28)47-2)44-16-14-21(20-44)6-5-17-45;/h3-4,7-10,13,15,18-19,29H,5-6,11-12,14,16,20H2,1-2H3,(H,39,41);/q-2;+2/t29-;/m1./s1. The van der Waals surface area contributed by atoms with Gasteiger partial charge < -0.3 is 25.7 Å². The molecule has 0 saturated carbocycles. The number of likely N-dealkylation sites (tertiary alicyclic amines) is 1. The molecule has 2 aliphatic rings. The minimum absolute atomic E-state index is 0. The zero-order chi connectivity index (χ0) is 32.7. The van der Waals surface area contributed by atoms with Crippen LogP contribution >= 0.6 is 23.2 Å². The monoisotopic (exact) mass is 721 g/mol. The number of fused-ring (bicyclic) bond motifs is 2. The number of nitrogens with one attached hydrogen (secondary N) is 1. The average molecular weight is 723 g/mol. The summed E-state index contributed by atoms with van der Waals surface area (Å²) < 4.78 is 7.17. The van der Waals surface area contributed by atoms with E-state index in [1.807, 2.05) is 42.7 Å². The summed E-state index contributed by atoms with van der Waals surface area (Å²) in [6.45, 7) is 1.86. The molecule has 1 radical (unpaired) electrons. The Balaban J connectivity index is 0.00000401. The molecule has 1 fully saturated rings. The topological polar surface area (TPSA) is 102 Å². The van der Waals surface area contributed by atoms with E-state index in [9.17, 15) is 9.59 Å². The van der Waals surface area contributed by atoms with Gasteiger partial charge in [0.05, 0.1) is 40.1 Å². The molecule has 245 valence electrons. The van der Waals surface area contributed by atoms with Crippen molar-refractivity contribution in [2.75, 3.05) is 25.5 Å². The Morgan fingerprint density at radius 3 is 2.67 bits per heavy atom. The Bertz CT molecular complexity index is 2070. The fourth-order valence-corrected chi connectivity index (χ4v) is 7.45. The summed E-state index contributed by atoms with van der Waals surface area (Å²) in [6, 6.07) is 15.6. The first-order chi connectivity index (χ1) is 22.9. The maximum absolute atomic E-state index is 12.9. The van der Waals surface area contributed by atoms with Gasteiger partial charge in [-0.05, 0) is 43.1 Å². The number of halogens is 2. The fourth-order valence-electron chi connectivity index (χ4n) is 6.85. The van der Waals surface area contributed by atoms with Crippen molar-refractivity contribution in [2.24, 2.45) is 7.05 Å². The van der Waals surface area contributed by atoms with Crippen LogP contribution in [0.1, 0.15) is 42.9 Å². The van der Waals surface area contributed by atoms with Gasteiger partial charge in [0.1, 0.15) is 5.82 Å². The van der Waals surface area contributed by atoms with Crippen LogP contribution < -0.4 is 15.6 Å². The van der Waals surface area contributed by atoms with Gasteiger partial charge in [-0.15, -0.1) is 6.54 Å². The maximum Gasteiger partial charge on any atom is 2.00 e. The molecule has 5 aromatic rings. The van der Waals surface area contributed by atoms with Crippen LogP contribution in [0.3, 0.4) is 0 Å². The molecule has 0 amide bonds. The molecule has 1 atom stereocenters. The van der Waals surface area contributed by atoms with Gasteiger partial charge in [0.25, 0.3) is 5.56 Å². The number of rotatable bonds is 9. The molecule has 2 aromatic carbocycles. The first-order valence-corrected chi connectivity index (χ1v) is 16.3. The normalized spacial score (nSPS) is 16.1. The van der Waals surface area contributed by atoms with Gasteiger partial charge in [-0.3, -0.25) is 11.1 Å². The molecular formula is C36H32Cl2MnN6O3. The molecule has 1 aliphatic heterocycles. The Hall–Kier alpha value is -3.79. The number of carbonyl (C=O) groups excluding carboxylic acids is 1. The zero-order valence-electron chi connectivity index (χ0n) is 26.4. The van der Waals surface area contributed by atoms with Gasteiger partial charge in [-0.25, -0.2) is 21.1 Å². The Kier molecular flexibility index (Phi) is 10.2. The minimum Gasteiger partial charge on any atom is -0.542 e. The van der Waals surface area contributed by atoms with Gasteiger partial charge in [0, 0.05) is 46.9 Å². The SMILES string of the molecule is COc1nc(-c2cccc(-c3cccc(Nc4nccc5cnn(C)c(=O)c45)c3Cl)c2Cl)cc2c1[C@H](N1CC[C-](CC[C-]=O)C1)CC2.[Mn+2]. The molecular weight excluding hydrogens is 690 g/mol. The molecule has 0 bridgehead atoms. The molecule has 1 saturated heterocycles. The van der Waals surface area contributed by atoms with E-state index in [0.29, 0.717) is 44.6 Å². The van der Waals surface area contributed by atoms with Gasteiger partial charge in [-0.1, -0.05) is 53.5 Å². The van der Waals surface area contributed by atoms with Crippen molar-refractivity contribution >= 4 is 51.8 Å². The van der Waals surface area contributed by atoms with E-state index >= 15 is 0 Å². The van der Waals surface area contributed by atoms with E-state index < -0.39 is 0 Å². The van der Waals surface area contributed by atoms with E-state index in [0.717, 1.165) is 66.7 Å². The van der Waals surface area contributed by atoms with E-state index in [-0.39, 0.29) is 28.7 Å². The molecule has 7 rings (SSSR count). The van der Waals surface area contributed by atoms with Crippen LogP contribution in [0.15, 0.2) is 65.7 Å². The van der Waals surface area contributed by atoms with E-state index in [4.69, 9.17) is 32.9 Å². The number of aromatic nitrogens is 4. The van der Waals surface area contributed by atoms with Crippen molar-refractivity contribution in [3.63, 3.8) is 0 Å². The summed E-state index contributed by atoms with van der Waals surface area (Å²) in [4.78, 5) is 35.6. The van der Waals surface area contributed by atoms with Gasteiger partial charge in [-0.2, -0.15) is 17.9 Å². The van der Waals surface area contributed by atoms with Crippen LogP contribution in [0.5, 0.6) is 5.88 Å². The maximum atomic E-state index is 12.9. The number of aryl methyl sites for hydroxylation is 2. The third-order valence-electron chi connectivity index (χ3n) is 9.20. The van der Waals surface area contributed by atoms with Crippen LogP contribution in [-0.2, 0) is 35.3 Å². The summed E-state index contributed by atoms with van der Waals surface area (Å²) in [5.74, 6) is 2.41. The van der Waals surface area contributed by atoms with Crippen LogP contribution in [0.2, 0.25) is 10.0 Å². The Morgan fingerprint density at radius 2 is 1.88 bits per heavy atom. The second-order valence-electron chi connectivity index (χ2n) is 11.9. The predicted molar refractivity (Wildman–Crippen MR) is 185 cm³/mol. The van der Waals surface area contributed by atoms with Crippen molar-refractivity contribution in [1.29, 1.82) is 0 Å². The number of hydrogen-bond donors (Lipinski definition) is 1. The van der Waals surface area contributed by atoms with Crippen LogP contribution in [0.4, 0.5) is 11.5 Å². The fraction of sp³-hybridized carbons (Fsp3) is 0.278. The Morgan fingerprint density at radius 1 is 1.10 bits per heavy atom. The summed E-state index contributed by atoms with van der Waals surface area (Å²) in [5.41, 5.74) is 5.65. The summed E-state index contributed by atoms with van der Waals surface area (Å²) in [5, 5.41) is 9.43.